The van der Waals surface area contributed by atoms with E-state index in [9.17, 15) is 9.59 Å². The number of carbonyl (C=O) groups excluding carboxylic acids is 2. The summed E-state index contributed by atoms with van der Waals surface area (Å²) in [5, 5.41) is 2.84. The van der Waals surface area contributed by atoms with Crippen molar-refractivity contribution >= 4 is 11.8 Å². The van der Waals surface area contributed by atoms with E-state index in [1.54, 1.807) is 4.90 Å². The van der Waals surface area contributed by atoms with E-state index in [-0.39, 0.29) is 25.0 Å². The Balaban J connectivity index is 2.20. The highest BCUT2D eigenvalue weighted by atomic mass is 16.5. The van der Waals surface area contributed by atoms with Crippen molar-refractivity contribution in [2.75, 3.05) is 26.2 Å². The Hall–Kier alpha value is -1.14. The molecular weight excluding hydrogens is 282 g/mol. The van der Waals surface area contributed by atoms with Crippen LogP contribution in [0.15, 0.2) is 0 Å². The number of amides is 2. The predicted octanol–water partition coefficient (Wildman–Crippen LogP) is 0.894. The first-order chi connectivity index (χ1) is 10.4. The minimum Gasteiger partial charge on any atom is -0.376 e. The molecule has 22 heavy (non-hydrogen) atoms. The van der Waals surface area contributed by atoms with Crippen LogP contribution in [0.1, 0.15) is 46.5 Å². The number of primary amides is 1. The third-order valence-electron chi connectivity index (χ3n) is 4.22. The Labute approximate surface area is 133 Å². The number of nitrogens with two attached hydrogens (primary N) is 1. The van der Waals surface area contributed by atoms with Crippen molar-refractivity contribution in [3.8, 4) is 0 Å². The van der Waals surface area contributed by atoms with E-state index >= 15 is 0 Å². The third-order valence-corrected chi connectivity index (χ3v) is 4.22. The van der Waals surface area contributed by atoms with Crippen LogP contribution in [0.4, 0.5) is 0 Å². The number of ether oxygens (including phenoxy) is 1. The largest absolute Gasteiger partial charge is 0.376 e. The maximum absolute atomic E-state index is 11.9. The molecule has 1 fully saturated rings. The summed E-state index contributed by atoms with van der Waals surface area (Å²) in [6.07, 6.45) is 5.20. The monoisotopic (exact) mass is 313 g/mol. The first kappa shape index (κ1) is 18.9. The van der Waals surface area contributed by atoms with Gasteiger partial charge in [-0.3, -0.25) is 14.5 Å². The van der Waals surface area contributed by atoms with Gasteiger partial charge in [-0.2, -0.15) is 0 Å². The molecule has 0 aliphatic heterocycles. The zero-order valence-electron chi connectivity index (χ0n) is 14.1. The molecule has 0 saturated heterocycles. The second-order valence-corrected chi connectivity index (χ2v) is 6.49. The molecule has 1 aliphatic rings. The van der Waals surface area contributed by atoms with Gasteiger partial charge in [0, 0.05) is 12.6 Å². The number of nitrogens with zero attached hydrogens (tertiary/aromatic N) is 1. The number of hydrogen-bond acceptors (Lipinski definition) is 4. The summed E-state index contributed by atoms with van der Waals surface area (Å²) in [6.45, 7) is 7.42. The van der Waals surface area contributed by atoms with Gasteiger partial charge in [-0.05, 0) is 32.6 Å². The third kappa shape index (κ3) is 7.22. The lowest BCUT2D eigenvalue weighted by atomic mass is 9.88. The quantitative estimate of drug-likeness (QED) is 0.619. The van der Waals surface area contributed by atoms with E-state index in [0.717, 1.165) is 6.42 Å². The molecule has 0 aromatic heterocycles. The van der Waals surface area contributed by atoms with Gasteiger partial charge in [-0.1, -0.05) is 19.8 Å². The molecule has 128 valence electrons. The van der Waals surface area contributed by atoms with Gasteiger partial charge < -0.3 is 15.8 Å². The van der Waals surface area contributed by atoms with Crippen molar-refractivity contribution < 1.29 is 14.3 Å². The summed E-state index contributed by atoms with van der Waals surface area (Å²) in [6, 6.07) is 0.0950. The molecule has 3 N–H and O–H groups in total. The van der Waals surface area contributed by atoms with Crippen LogP contribution in [-0.4, -0.2) is 55.1 Å². The topological polar surface area (TPSA) is 84.7 Å². The Morgan fingerprint density at radius 3 is 2.55 bits per heavy atom. The van der Waals surface area contributed by atoms with Crippen LogP contribution in [0.3, 0.4) is 0 Å². The molecule has 0 radical (unpaired) electrons. The van der Waals surface area contributed by atoms with E-state index in [0.29, 0.717) is 25.2 Å². The summed E-state index contributed by atoms with van der Waals surface area (Å²) in [5.74, 6) is 0.0859. The molecule has 2 atom stereocenters. The molecule has 0 spiro atoms. The van der Waals surface area contributed by atoms with Gasteiger partial charge in [-0.25, -0.2) is 0 Å². The predicted molar refractivity (Wildman–Crippen MR) is 86.3 cm³/mol. The molecule has 2 unspecified atom stereocenters. The van der Waals surface area contributed by atoms with E-state index in [1.165, 1.54) is 19.3 Å². The minimum absolute atomic E-state index is 0.0950. The fourth-order valence-corrected chi connectivity index (χ4v) is 2.79. The maximum Gasteiger partial charge on any atom is 0.234 e. The molecule has 6 heteroatoms. The van der Waals surface area contributed by atoms with Crippen molar-refractivity contribution in [1.82, 2.24) is 10.2 Å². The first-order valence-electron chi connectivity index (χ1n) is 8.30. The van der Waals surface area contributed by atoms with Gasteiger partial charge in [0.15, 0.2) is 0 Å². The lowest BCUT2D eigenvalue weighted by Gasteiger charge is -2.29. The summed E-state index contributed by atoms with van der Waals surface area (Å²) in [4.78, 5) is 24.6. The molecule has 0 aromatic carbocycles. The zero-order valence-corrected chi connectivity index (χ0v) is 14.1. The first-order valence-corrected chi connectivity index (χ1v) is 8.30. The Bertz CT molecular complexity index is 361. The Morgan fingerprint density at radius 1 is 1.27 bits per heavy atom. The maximum atomic E-state index is 11.9. The Kier molecular flexibility index (Phi) is 8.42. The average Bonchev–Trinajstić information content (AvgIpc) is 2.44. The van der Waals surface area contributed by atoms with E-state index < -0.39 is 5.91 Å². The summed E-state index contributed by atoms with van der Waals surface area (Å²) in [7, 11) is 0. The molecule has 6 nitrogen and oxygen atoms in total. The lowest BCUT2D eigenvalue weighted by molar-refractivity contribution is -0.125. The van der Waals surface area contributed by atoms with E-state index in [2.05, 4.69) is 12.2 Å². The Morgan fingerprint density at radius 2 is 1.95 bits per heavy atom. The van der Waals surface area contributed by atoms with Gasteiger partial charge >= 0.3 is 0 Å². The summed E-state index contributed by atoms with van der Waals surface area (Å²) < 4.78 is 5.86. The van der Waals surface area contributed by atoms with E-state index in [1.807, 2.05) is 13.8 Å². The minimum atomic E-state index is -0.420. The smallest absolute Gasteiger partial charge is 0.234 e. The normalized spacial score (nSPS) is 22.0. The van der Waals surface area contributed by atoms with Crippen molar-refractivity contribution in [2.45, 2.75) is 58.6 Å². The van der Waals surface area contributed by atoms with Crippen molar-refractivity contribution in [1.29, 1.82) is 0 Å². The molecule has 1 saturated carbocycles. The molecule has 0 bridgehead atoms. The van der Waals surface area contributed by atoms with Crippen LogP contribution in [0.2, 0.25) is 0 Å². The van der Waals surface area contributed by atoms with Gasteiger partial charge in [0.05, 0.1) is 25.8 Å². The standard InChI is InChI=1S/C16H31N3O3/c1-12(2)19(10-15(17)20)11-16(21)18-8-9-22-14-7-5-4-6-13(14)3/h12-14H,4-11H2,1-3H3,(H2,17,20)(H,18,21). The van der Waals surface area contributed by atoms with Crippen LogP contribution in [0.25, 0.3) is 0 Å². The number of hydrogen-bond donors (Lipinski definition) is 2. The fraction of sp³-hybridized carbons (Fsp3) is 0.875. The van der Waals surface area contributed by atoms with E-state index in [4.69, 9.17) is 10.5 Å². The molecule has 0 aromatic rings. The lowest BCUT2D eigenvalue weighted by Crippen LogP contribution is -2.45. The zero-order chi connectivity index (χ0) is 16.5. The SMILES string of the molecule is CC1CCCCC1OCCNC(=O)CN(CC(N)=O)C(C)C. The average molecular weight is 313 g/mol. The second kappa shape index (κ2) is 9.79. The van der Waals surface area contributed by atoms with Crippen LogP contribution in [0, 0.1) is 5.92 Å². The summed E-state index contributed by atoms with van der Waals surface area (Å²) in [5.41, 5.74) is 5.19. The van der Waals surface area contributed by atoms with Gasteiger partial charge in [0.1, 0.15) is 0 Å². The van der Waals surface area contributed by atoms with Gasteiger partial charge in [0.25, 0.3) is 0 Å². The summed E-state index contributed by atoms with van der Waals surface area (Å²) >= 11 is 0. The highest BCUT2D eigenvalue weighted by Crippen LogP contribution is 2.25. The number of carbonyl (C=O) groups is 2. The van der Waals surface area contributed by atoms with Crippen molar-refractivity contribution in [3.05, 3.63) is 0 Å². The molecule has 1 rings (SSSR count). The molecule has 2 amide bonds. The molecule has 0 heterocycles. The highest BCUT2D eigenvalue weighted by Gasteiger charge is 2.21. The van der Waals surface area contributed by atoms with Crippen molar-refractivity contribution in [2.24, 2.45) is 11.7 Å². The van der Waals surface area contributed by atoms with Crippen LogP contribution < -0.4 is 11.1 Å². The number of rotatable bonds is 9. The van der Waals surface area contributed by atoms with Gasteiger partial charge in [-0.15, -0.1) is 0 Å². The fourth-order valence-electron chi connectivity index (χ4n) is 2.79. The molecule has 1 aliphatic carbocycles. The van der Waals surface area contributed by atoms with Crippen LogP contribution in [-0.2, 0) is 14.3 Å². The van der Waals surface area contributed by atoms with Gasteiger partial charge in [0.2, 0.25) is 11.8 Å². The highest BCUT2D eigenvalue weighted by molar-refractivity contribution is 5.80. The van der Waals surface area contributed by atoms with Crippen LogP contribution in [0.5, 0.6) is 0 Å². The van der Waals surface area contributed by atoms with Crippen LogP contribution >= 0.6 is 0 Å². The number of nitrogens with one attached hydrogen (secondary N) is 1. The van der Waals surface area contributed by atoms with Crippen molar-refractivity contribution in [3.63, 3.8) is 0 Å². The second-order valence-electron chi connectivity index (χ2n) is 6.49. The molecular formula is C16H31N3O3.